The minimum atomic E-state index is -1.04. The summed E-state index contributed by atoms with van der Waals surface area (Å²) in [4.78, 5) is 10.6. The van der Waals surface area contributed by atoms with Crippen molar-refractivity contribution in [3.63, 3.8) is 0 Å². The molecule has 0 spiro atoms. The first-order valence-electron chi connectivity index (χ1n) is 3.32. The van der Waals surface area contributed by atoms with E-state index in [1.54, 1.807) is 6.07 Å². The second-order valence-corrected chi connectivity index (χ2v) is 2.26. The Morgan fingerprint density at radius 1 is 1.58 bits per heavy atom. The fourth-order valence-electron chi connectivity index (χ4n) is 0.893. The molecule has 0 bridgehead atoms. The highest BCUT2D eigenvalue weighted by atomic mass is 16.5. The van der Waals surface area contributed by atoms with Gasteiger partial charge in [-0.15, -0.1) is 0 Å². The normalized spacial score (nSPS) is 9.42. The van der Waals surface area contributed by atoms with E-state index >= 15 is 0 Å². The highest BCUT2D eigenvalue weighted by Crippen LogP contribution is 2.15. The Labute approximate surface area is 71.4 Å². The van der Waals surface area contributed by atoms with Gasteiger partial charge in [0.25, 0.3) is 0 Å². The molecule has 1 rings (SSSR count). The highest BCUT2D eigenvalue weighted by molar-refractivity contribution is 6.32. The van der Waals surface area contributed by atoms with Crippen LogP contribution in [-0.4, -0.2) is 26.0 Å². The van der Waals surface area contributed by atoms with Gasteiger partial charge in [0.15, 0.2) is 0 Å². The average Bonchev–Trinajstić information content (AvgIpc) is 2.04. The highest BCUT2D eigenvalue weighted by Gasteiger charge is 2.09. The van der Waals surface area contributed by atoms with Crippen molar-refractivity contribution in [2.45, 2.75) is 0 Å². The molecule has 0 amide bonds. The maximum absolute atomic E-state index is 10.6. The average molecular weight is 162 g/mol. The summed E-state index contributed by atoms with van der Waals surface area (Å²) in [6.45, 7) is 0. The van der Waals surface area contributed by atoms with Crippen molar-refractivity contribution in [2.75, 3.05) is 7.11 Å². The first kappa shape index (κ1) is 8.65. The summed E-state index contributed by atoms with van der Waals surface area (Å²) in [6, 6.07) is 4.48. The van der Waals surface area contributed by atoms with Crippen LogP contribution in [0, 0.1) is 0 Å². The van der Waals surface area contributed by atoms with Gasteiger partial charge in [-0.25, -0.2) is 4.79 Å². The number of aromatic carboxylic acids is 1. The van der Waals surface area contributed by atoms with Gasteiger partial charge in [0.1, 0.15) is 19.2 Å². The fourth-order valence-corrected chi connectivity index (χ4v) is 0.893. The molecular weight excluding hydrogens is 155 g/mol. The van der Waals surface area contributed by atoms with Crippen LogP contribution in [0.5, 0.6) is 5.75 Å². The predicted molar refractivity (Wildman–Crippen MR) is 45.3 cm³/mol. The third-order valence-electron chi connectivity index (χ3n) is 1.45. The molecule has 0 saturated heterocycles. The van der Waals surface area contributed by atoms with Crippen LogP contribution in [0.1, 0.15) is 10.4 Å². The van der Waals surface area contributed by atoms with E-state index in [0.29, 0.717) is 11.2 Å². The molecule has 1 aromatic carbocycles. The van der Waals surface area contributed by atoms with E-state index in [9.17, 15) is 4.79 Å². The van der Waals surface area contributed by atoms with E-state index in [1.165, 1.54) is 19.2 Å². The van der Waals surface area contributed by atoms with Crippen molar-refractivity contribution in [3.8, 4) is 5.75 Å². The SMILES string of the molecule is [B]c1ccc(OC)c(C(=O)O)c1. The maximum Gasteiger partial charge on any atom is 0.339 e. The molecule has 0 fully saturated rings. The molecule has 0 aliphatic rings. The van der Waals surface area contributed by atoms with Crippen LogP contribution in [0.15, 0.2) is 18.2 Å². The standard InChI is InChI=1S/C8H7BO3/c1-12-7-3-2-5(9)4-6(7)8(10)11/h2-4H,1H3,(H,10,11). The van der Waals surface area contributed by atoms with E-state index in [0.717, 1.165) is 0 Å². The Kier molecular flexibility index (Phi) is 2.38. The second-order valence-electron chi connectivity index (χ2n) is 2.26. The van der Waals surface area contributed by atoms with E-state index in [4.69, 9.17) is 17.7 Å². The molecular formula is C8H7BO3. The van der Waals surface area contributed by atoms with Crippen LogP contribution in [0.25, 0.3) is 0 Å². The summed E-state index contributed by atoms with van der Waals surface area (Å²) in [6.07, 6.45) is 0. The topological polar surface area (TPSA) is 46.5 Å². The van der Waals surface area contributed by atoms with Crippen molar-refractivity contribution in [1.29, 1.82) is 0 Å². The molecule has 0 aromatic heterocycles. The quantitative estimate of drug-likeness (QED) is 0.631. The number of hydrogen-bond acceptors (Lipinski definition) is 2. The van der Waals surface area contributed by atoms with Crippen LogP contribution in [0.2, 0.25) is 0 Å². The molecule has 3 nitrogen and oxygen atoms in total. The largest absolute Gasteiger partial charge is 0.496 e. The zero-order valence-corrected chi connectivity index (χ0v) is 6.57. The lowest BCUT2D eigenvalue weighted by molar-refractivity contribution is 0.0693. The maximum atomic E-state index is 10.6. The molecule has 1 N–H and O–H groups in total. The third kappa shape index (κ3) is 1.58. The van der Waals surface area contributed by atoms with Crippen molar-refractivity contribution < 1.29 is 14.6 Å². The molecule has 0 unspecified atom stereocenters. The lowest BCUT2D eigenvalue weighted by Gasteiger charge is -2.04. The Morgan fingerprint density at radius 3 is 2.75 bits per heavy atom. The van der Waals surface area contributed by atoms with Gasteiger partial charge in [-0.3, -0.25) is 0 Å². The number of rotatable bonds is 2. The zero-order chi connectivity index (χ0) is 9.14. The van der Waals surface area contributed by atoms with Gasteiger partial charge in [0.05, 0.1) is 7.11 Å². The smallest absolute Gasteiger partial charge is 0.339 e. The predicted octanol–water partition coefficient (Wildman–Crippen LogP) is 0.187. The summed E-state index contributed by atoms with van der Waals surface area (Å²) in [7, 11) is 6.82. The van der Waals surface area contributed by atoms with Gasteiger partial charge in [0, 0.05) is 0 Å². The van der Waals surface area contributed by atoms with E-state index < -0.39 is 5.97 Å². The number of methoxy groups -OCH3 is 1. The summed E-state index contributed by atoms with van der Waals surface area (Å²) in [5, 5.41) is 8.69. The van der Waals surface area contributed by atoms with Gasteiger partial charge in [-0.05, 0) is 6.07 Å². The summed E-state index contributed by atoms with van der Waals surface area (Å²) >= 11 is 0. The van der Waals surface area contributed by atoms with Crippen molar-refractivity contribution in [3.05, 3.63) is 23.8 Å². The zero-order valence-electron chi connectivity index (χ0n) is 6.57. The number of benzene rings is 1. The van der Waals surface area contributed by atoms with Gasteiger partial charge in [-0.2, -0.15) is 0 Å². The molecule has 4 heteroatoms. The Bertz CT molecular complexity index is 309. The van der Waals surface area contributed by atoms with Crippen molar-refractivity contribution in [2.24, 2.45) is 0 Å². The van der Waals surface area contributed by atoms with Crippen LogP contribution in [0.4, 0.5) is 0 Å². The molecule has 12 heavy (non-hydrogen) atoms. The molecule has 0 saturated carbocycles. The molecule has 1 aromatic rings. The number of carbonyl (C=O) groups is 1. The van der Waals surface area contributed by atoms with E-state index in [-0.39, 0.29) is 5.56 Å². The Hall–Kier alpha value is -1.45. The molecule has 60 valence electrons. The number of carboxylic acids is 1. The van der Waals surface area contributed by atoms with E-state index in [1.807, 2.05) is 0 Å². The van der Waals surface area contributed by atoms with Crippen LogP contribution in [-0.2, 0) is 0 Å². The lowest BCUT2D eigenvalue weighted by atomic mass is 9.94. The Balaban J connectivity index is 3.21. The molecule has 0 aliphatic carbocycles. The van der Waals surface area contributed by atoms with Gasteiger partial charge >= 0.3 is 5.97 Å². The minimum Gasteiger partial charge on any atom is -0.496 e. The van der Waals surface area contributed by atoms with Crippen LogP contribution < -0.4 is 10.2 Å². The third-order valence-corrected chi connectivity index (χ3v) is 1.45. The molecule has 0 atom stereocenters. The number of carboxylic acid groups (broad SMARTS) is 1. The summed E-state index contributed by atoms with van der Waals surface area (Å²) in [5.74, 6) is -0.726. The first-order valence-corrected chi connectivity index (χ1v) is 3.32. The van der Waals surface area contributed by atoms with Crippen molar-refractivity contribution in [1.82, 2.24) is 0 Å². The molecule has 2 radical (unpaired) electrons. The summed E-state index contributed by atoms with van der Waals surface area (Å²) < 4.78 is 4.83. The van der Waals surface area contributed by atoms with Gasteiger partial charge < -0.3 is 9.84 Å². The first-order chi connectivity index (χ1) is 5.65. The summed E-state index contributed by atoms with van der Waals surface area (Å²) in [5.41, 5.74) is 0.491. The lowest BCUT2D eigenvalue weighted by Crippen LogP contribution is -2.08. The van der Waals surface area contributed by atoms with Gasteiger partial charge in [-0.1, -0.05) is 17.6 Å². The monoisotopic (exact) mass is 162 g/mol. The number of hydrogen-bond donors (Lipinski definition) is 1. The number of ether oxygens (including phenoxy) is 1. The van der Waals surface area contributed by atoms with Gasteiger partial charge in [0.2, 0.25) is 0 Å². The molecule has 0 aliphatic heterocycles. The van der Waals surface area contributed by atoms with E-state index in [2.05, 4.69) is 0 Å². The minimum absolute atomic E-state index is 0.0810. The van der Waals surface area contributed by atoms with Crippen LogP contribution >= 0.6 is 0 Å². The van der Waals surface area contributed by atoms with Crippen molar-refractivity contribution >= 4 is 19.3 Å². The second kappa shape index (κ2) is 3.30. The molecule has 0 heterocycles. The fraction of sp³-hybridized carbons (Fsp3) is 0.125. The Morgan fingerprint density at radius 2 is 2.25 bits per heavy atom. The van der Waals surface area contributed by atoms with Crippen LogP contribution in [0.3, 0.4) is 0 Å².